The fourth-order valence-electron chi connectivity index (χ4n) is 2.66. The Balaban J connectivity index is 1.77. The lowest BCUT2D eigenvalue weighted by atomic mass is 10.1. The number of hydrogen-bond donors (Lipinski definition) is 2. The first kappa shape index (κ1) is 13.6. The van der Waals surface area contributed by atoms with Crippen LogP contribution in [0.1, 0.15) is 11.1 Å². The van der Waals surface area contributed by atoms with Gasteiger partial charge in [0.05, 0.1) is 14.2 Å². The van der Waals surface area contributed by atoms with E-state index in [-0.39, 0.29) is 0 Å². The predicted molar refractivity (Wildman–Crippen MR) is 85.5 cm³/mol. The molecule has 4 nitrogen and oxygen atoms in total. The fourth-order valence-corrected chi connectivity index (χ4v) is 2.66. The van der Waals surface area contributed by atoms with Crippen molar-refractivity contribution in [3.05, 3.63) is 47.5 Å². The summed E-state index contributed by atoms with van der Waals surface area (Å²) in [6.45, 7) is 1.80. The highest BCUT2D eigenvalue weighted by Gasteiger charge is 2.13. The minimum Gasteiger partial charge on any atom is -0.497 e. The van der Waals surface area contributed by atoms with Gasteiger partial charge in [-0.05, 0) is 17.5 Å². The molecule has 2 aromatic carbocycles. The Bertz CT molecular complexity index is 618. The first-order valence-corrected chi connectivity index (χ1v) is 7.12. The SMILES string of the molecule is COc1cc(NCc2cccc3c2NCC3)cc(OC)c1. The van der Waals surface area contributed by atoms with Gasteiger partial charge in [-0.3, -0.25) is 0 Å². The minimum atomic E-state index is 0.770. The third-order valence-corrected chi connectivity index (χ3v) is 3.77. The van der Waals surface area contributed by atoms with Crippen molar-refractivity contribution < 1.29 is 9.47 Å². The molecule has 0 atom stereocenters. The normalized spacial score (nSPS) is 12.5. The number of rotatable bonds is 5. The van der Waals surface area contributed by atoms with Crippen molar-refractivity contribution in [3.63, 3.8) is 0 Å². The van der Waals surface area contributed by atoms with E-state index in [0.717, 1.165) is 36.7 Å². The Morgan fingerprint density at radius 2 is 1.86 bits per heavy atom. The summed E-state index contributed by atoms with van der Waals surface area (Å²) in [5.41, 5.74) is 4.95. The largest absolute Gasteiger partial charge is 0.497 e. The standard InChI is InChI=1S/C17H20N2O2/c1-20-15-8-14(9-16(10-15)21-2)19-11-13-5-3-4-12-6-7-18-17(12)13/h3-5,8-10,18-19H,6-7,11H2,1-2H3. The Hall–Kier alpha value is -2.36. The molecule has 4 heteroatoms. The lowest BCUT2D eigenvalue weighted by Gasteiger charge is -2.13. The van der Waals surface area contributed by atoms with Gasteiger partial charge in [-0.15, -0.1) is 0 Å². The zero-order valence-corrected chi connectivity index (χ0v) is 12.4. The van der Waals surface area contributed by atoms with Crippen LogP contribution in [0.5, 0.6) is 11.5 Å². The number of para-hydroxylation sites is 1. The molecule has 0 saturated carbocycles. The average Bonchev–Trinajstić information content (AvgIpc) is 3.01. The van der Waals surface area contributed by atoms with Crippen molar-refractivity contribution >= 4 is 11.4 Å². The van der Waals surface area contributed by atoms with Gasteiger partial charge in [0.2, 0.25) is 0 Å². The van der Waals surface area contributed by atoms with Crippen molar-refractivity contribution in [2.75, 3.05) is 31.4 Å². The van der Waals surface area contributed by atoms with E-state index in [1.807, 2.05) is 18.2 Å². The molecule has 0 spiro atoms. The highest BCUT2D eigenvalue weighted by molar-refractivity contribution is 5.62. The van der Waals surface area contributed by atoms with Crippen LogP contribution in [0.3, 0.4) is 0 Å². The number of ether oxygens (including phenoxy) is 2. The lowest BCUT2D eigenvalue weighted by Crippen LogP contribution is -2.03. The third-order valence-electron chi connectivity index (χ3n) is 3.77. The van der Waals surface area contributed by atoms with Crippen LogP contribution >= 0.6 is 0 Å². The maximum absolute atomic E-state index is 5.29. The van der Waals surface area contributed by atoms with E-state index in [9.17, 15) is 0 Å². The van der Waals surface area contributed by atoms with Gasteiger partial charge in [0.15, 0.2) is 0 Å². The number of fused-ring (bicyclic) bond motifs is 1. The zero-order chi connectivity index (χ0) is 14.7. The molecule has 2 N–H and O–H groups in total. The molecule has 0 aliphatic carbocycles. The van der Waals surface area contributed by atoms with E-state index < -0.39 is 0 Å². The topological polar surface area (TPSA) is 42.5 Å². The third kappa shape index (κ3) is 2.89. The Morgan fingerprint density at radius 1 is 1.10 bits per heavy atom. The smallest absolute Gasteiger partial charge is 0.124 e. The highest BCUT2D eigenvalue weighted by atomic mass is 16.5. The van der Waals surface area contributed by atoms with E-state index in [4.69, 9.17) is 9.47 Å². The van der Waals surface area contributed by atoms with Crippen LogP contribution in [-0.2, 0) is 13.0 Å². The van der Waals surface area contributed by atoms with Crippen molar-refractivity contribution in [2.24, 2.45) is 0 Å². The second kappa shape index (κ2) is 5.95. The molecular formula is C17H20N2O2. The summed E-state index contributed by atoms with van der Waals surface area (Å²) in [5.74, 6) is 1.57. The number of nitrogens with one attached hydrogen (secondary N) is 2. The van der Waals surface area contributed by atoms with Crippen molar-refractivity contribution in [1.29, 1.82) is 0 Å². The van der Waals surface area contributed by atoms with Gasteiger partial charge in [-0.25, -0.2) is 0 Å². The molecule has 1 aliphatic rings. The average molecular weight is 284 g/mol. The van der Waals surface area contributed by atoms with Gasteiger partial charge in [-0.1, -0.05) is 18.2 Å². The fraction of sp³-hybridized carbons (Fsp3) is 0.294. The van der Waals surface area contributed by atoms with Crippen molar-refractivity contribution in [1.82, 2.24) is 0 Å². The summed E-state index contributed by atoms with van der Waals surface area (Å²) in [5, 5.41) is 6.90. The van der Waals surface area contributed by atoms with Gasteiger partial charge in [0.1, 0.15) is 11.5 Å². The molecule has 1 heterocycles. The van der Waals surface area contributed by atoms with Gasteiger partial charge >= 0.3 is 0 Å². The maximum atomic E-state index is 5.29. The molecule has 2 aromatic rings. The summed E-state index contributed by atoms with van der Waals surface area (Å²) < 4.78 is 10.6. The molecule has 21 heavy (non-hydrogen) atoms. The summed E-state index contributed by atoms with van der Waals surface area (Å²) in [4.78, 5) is 0. The molecule has 0 bridgehead atoms. The summed E-state index contributed by atoms with van der Waals surface area (Å²) in [6, 6.07) is 12.3. The Labute approximate surface area is 125 Å². The molecule has 0 unspecified atom stereocenters. The molecule has 0 radical (unpaired) electrons. The van der Waals surface area contributed by atoms with Gasteiger partial charge in [0, 0.05) is 42.7 Å². The highest BCUT2D eigenvalue weighted by Crippen LogP contribution is 2.29. The van der Waals surface area contributed by atoms with Crippen LogP contribution < -0.4 is 20.1 Å². The molecule has 3 rings (SSSR count). The Morgan fingerprint density at radius 3 is 2.57 bits per heavy atom. The van der Waals surface area contributed by atoms with E-state index in [0.29, 0.717) is 0 Å². The lowest BCUT2D eigenvalue weighted by molar-refractivity contribution is 0.394. The van der Waals surface area contributed by atoms with E-state index in [1.165, 1.54) is 16.8 Å². The van der Waals surface area contributed by atoms with Crippen LogP contribution in [0.15, 0.2) is 36.4 Å². The molecule has 110 valence electrons. The van der Waals surface area contributed by atoms with Gasteiger partial charge < -0.3 is 20.1 Å². The second-order valence-electron chi connectivity index (χ2n) is 5.08. The van der Waals surface area contributed by atoms with Crippen LogP contribution in [0.25, 0.3) is 0 Å². The minimum absolute atomic E-state index is 0.770. The van der Waals surface area contributed by atoms with E-state index >= 15 is 0 Å². The quantitative estimate of drug-likeness (QED) is 0.884. The molecule has 0 aromatic heterocycles. The van der Waals surface area contributed by atoms with Crippen molar-refractivity contribution in [2.45, 2.75) is 13.0 Å². The monoisotopic (exact) mass is 284 g/mol. The van der Waals surface area contributed by atoms with E-state index in [2.05, 4.69) is 28.8 Å². The molecule has 0 amide bonds. The summed E-state index contributed by atoms with van der Waals surface area (Å²) in [6.07, 6.45) is 1.11. The van der Waals surface area contributed by atoms with Crippen LogP contribution in [0.4, 0.5) is 11.4 Å². The van der Waals surface area contributed by atoms with Crippen LogP contribution in [0.2, 0.25) is 0 Å². The number of benzene rings is 2. The molecule has 1 aliphatic heterocycles. The van der Waals surface area contributed by atoms with Crippen molar-refractivity contribution in [3.8, 4) is 11.5 Å². The summed E-state index contributed by atoms with van der Waals surface area (Å²) in [7, 11) is 3.32. The number of anilines is 2. The molecular weight excluding hydrogens is 264 g/mol. The van der Waals surface area contributed by atoms with Gasteiger partial charge in [0.25, 0.3) is 0 Å². The maximum Gasteiger partial charge on any atom is 0.124 e. The number of methoxy groups -OCH3 is 2. The molecule has 0 fully saturated rings. The first-order valence-electron chi connectivity index (χ1n) is 7.12. The number of hydrogen-bond acceptors (Lipinski definition) is 4. The molecule has 0 saturated heterocycles. The second-order valence-corrected chi connectivity index (χ2v) is 5.08. The van der Waals surface area contributed by atoms with Crippen LogP contribution in [0, 0.1) is 0 Å². The van der Waals surface area contributed by atoms with Gasteiger partial charge in [-0.2, -0.15) is 0 Å². The van der Waals surface area contributed by atoms with E-state index in [1.54, 1.807) is 14.2 Å². The first-order chi connectivity index (χ1) is 10.3. The van der Waals surface area contributed by atoms with Crippen LogP contribution in [-0.4, -0.2) is 20.8 Å². The Kier molecular flexibility index (Phi) is 3.86. The zero-order valence-electron chi connectivity index (χ0n) is 12.4. The predicted octanol–water partition coefficient (Wildman–Crippen LogP) is 3.28. The summed E-state index contributed by atoms with van der Waals surface area (Å²) >= 11 is 0.